The lowest BCUT2D eigenvalue weighted by Crippen LogP contribution is -2.50. The number of piperazine rings is 1. The summed E-state index contributed by atoms with van der Waals surface area (Å²) in [5.74, 6) is 0.0843. The molecular weight excluding hydrogens is 661 g/mol. The molecule has 3 atom stereocenters. The Bertz CT molecular complexity index is 1620. The second kappa shape index (κ2) is 15.3. The first-order chi connectivity index (χ1) is 22.8. The normalized spacial score (nSPS) is 20.6. The number of nitrogens with zero attached hydrogens (tertiary/aromatic N) is 4. The molecule has 6 rings (SSSR count). The van der Waals surface area contributed by atoms with E-state index in [1.54, 1.807) is 12.4 Å². The molecule has 2 saturated heterocycles. The summed E-state index contributed by atoms with van der Waals surface area (Å²) < 4.78 is 11.2. The molecule has 1 amide bonds. The molecule has 246 valence electrons. The van der Waals surface area contributed by atoms with Crippen LogP contribution in [0.1, 0.15) is 41.1 Å². The zero-order valence-corrected chi connectivity index (χ0v) is 27.9. The number of hydrogen-bond acceptors (Lipinski definition) is 8. The van der Waals surface area contributed by atoms with E-state index in [0.717, 1.165) is 72.1 Å². The van der Waals surface area contributed by atoms with Gasteiger partial charge in [0.25, 0.3) is 9.70 Å². The quantitative estimate of drug-likeness (QED) is 0.206. The molecule has 0 aliphatic carbocycles. The van der Waals surface area contributed by atoms with Crippen LogP contribution in [0.2, 0.25) is 0 Å². The van der Waals surface area contributed by atoms with Crippen molar-refractivity contribution in [3.63, 3.8) is 0 Å². The number of carbonyl (C=O) groups excluding carboxylic acids is 1. The Morgan fingerprint density at radius 3 is 2.23 bits per heavy atom. The van der Waals surface area contributed by atoms with Gasteiger partial charge in [0.05, 0.1) is 18.8 Å². The molecule has 2 N–H and O–H groups in total. The topological polar surface area (TPSA) is 100 Å². The number of anilines is 1. The minimum atomic E-state index is -2.03. The second-order valence-corrected chi connectivity index (χ2v) is 13.9. The van der Waals surface area contributed by atoms with Gasteiger partial charge in [-0.05, 0) is 33.9 Å². The molecule has 1 aromatic heterocycles. The van der Waals surface area contributed by atoms with E-state index in [1.165, 1.54) is 0 Å². The number of alkyl halides is 3. The molecule has 2 aliphatic heterocycles. The highest BCUT2D eigenvalue weighted by Crippen LogP contribution is 2.39. The number of halogens is 3. The SMILES string of the molecule is O=C(NCc1ccccc1-c1ccc([C@H]2O[C@@H](CN3CCN(c4ncccn4)CC3)C[C@@H](c3ccc(CO)cc3)O2)cc1)C(Cl)(Cl)Cl. The molecule has 2 fully saturated rings. The molecule has 0 unspecified atom stereocenters. The van der Waals surface area contributed by atoms with E-state index in [4.69, 9.17) is 44.3 Å². The number of benzene rings is 3. The third kappa shape index (κ3) is 8.61. The predicted molar refractivity (Wildman–Crippen MR) is 183 cm³/mol. The maximum atomic E-state index is 12.1. The number of ether oxygens (including phenoxy) is 2. The summed E-state index contributed by atoms with van der Waals surface area (Å²) in [5, 5.41) is 12.2. The monoisotopic (exact) mass is 695 g/mol. The van der Waals surface area contributed by atoms with Gasteiger partial charge < -0.3 is 24.8 Å². The van der Waals surface area contributed by atoms with Gasteiger partial charge in [-0.3, -0.25) is 9.69 Å². The molecule has 0 spiro atoms. The number of aliphatic hydroxyl groups is 1. The van der Waals surface area contributed by atoms with Gasteiger partial charge in [-0.15, -0.1) is 0 Å². The molecule has 47 heavy (non-hydrogen) atoms. The number of nitrogens with one attached hydrogen (secondary N) is 1. The van der Waals surface area contributed by atoms with Gasteiger partial charge in [-0.1, -0.05) is 108 Å². The van der Waals surface area contributed by atoms with Crippen molar-refractivity contribution >= 4 is 46.7 Å². The fraction of sp³-hybridized carbons (Fsp3) is 0.343. The van der Waals surface area contributed by atoms with Crippen molar-refractivity contribution in [2.75, 3.05) is 37.6 Å². The van der Waals surface area contributed by atoms with E-state index in [-0.39, 0.29) is 25.4 Å². The minimum absolute atomic E-state index is 0.00504. The summed E-state index contributed by atoms with van der Waals surface area (Å²) in [7, 11) is 0. The Balaban J connectivity index is 1.17. The molecule has 9 nitrogen and oxygen atoms in total. The van der Waals surface area contributed by atoms with Crippen molar-refractivity contribution in [1.29, 1.82) is 0 Å². The van der Waals surface area contributed by atoms with Crippen LogP contribution in [-0.4, -0.2) is 68.5 Å². The van der Waals surface area contributed by atoms with Crippen molar-refractivity contribution in [3.8, 4) is 11.1 Å². The first kappa shape index (κ1) is 33.6. The first-order valence-electron chi connectivity index (χ1n) is 15.5. The fourth-order valence-corrected chi connectivity index (χ4v) is 6.16. The Hall–Kier alpha value is -3.28. The van der Waals surface area contributed by atoms with Crippen molar-refractivity contribution in [1.82, 2.24) is 20.2 Å². The highest BCUT2D eigenvalue weighted by Gasteiger charge is 2.34. The number of carbonyl (C=O) groups is 1. The number of hydrogen-bond donors (Lipinski definition) is 2. The third-order valence-electron chi connectivity index (χ3n) is 8.49. The van der Waals surface area contributed by atoms with Crippen LogP contribution in [0.3, 0.4) is 0 Å². The van der Waals surface area contributed by atoms with E-state index >= 15 is 0 Å². The average molecular weight is 697 g/mol. The lowest BCUT2D eigenvalue weighted by atomic mass is 9.97. The first-order valence-corrected chi connectivity index (χ1v) is 16.7. The highest BCUT2D eigenvalue weighted by molar-refractivity contribution is 6.76. The largest absolute Gasteiger partial charge is 0.392 e. The smallest absolute Gasteiger partial charge is 0.272 e. The maximum Gasteiger partial charge on any atom is 0.272 e. The molecule has 12 heteroatoms. The second-order valence-electron chi connectivity index (χ2n) is 11.6. The fourth-order valence-electron chi connectivity index (χ4n) is 5.96. The molecule has 2 aliphatic rings. The molecule has 3 aromatic carbocycles. The van der Waals surface area contributed by atoms with Crippen LogP contribution in [0, 0.1) is 0 Å². The molecule has 3 heterocycles. The van der Waals surface area contributed by atoms with Gasteiger partial charge in [0.2, 0.25) is 5.95 Å². The van der Waals surface area contributed by atoms with Crippen LogP contribution >= 0.6 is 34.8 Å². The van der Waals surface area contributed by atoms with Crippen LogP contribution < -0.4 is 10.2 Å². The number of aliphatic hydroxyl groups excluding tert-OH is 1. The van der Waals surface area contributed by atoms with E-state index in [9.17, 15) is 9.90 Å². The van der Waals surface area contributed by atoms with Crippen LogP contribution in [0.5, 0.6) is 0 Å². The molecule has 0 saturated carbocycles. The zero-order chi connectivity index (χ0) is 32.8. The van der Waals surface area contributed by atoms with E-state index in [0.29, 0.717) is 6.42 Å². The third-order valence-corrected chi connectivity index (χ3v) is 9.01. The molecular formula is C35H36Cl3N5O4. The van der Waals surface area contributed by atoms with E-state index < -0.39 is 16.0 Å². The summed E-state index contributed by atoms with van der Waals surface area (Å²) in [5.41, 5.74) is 5.62. The maximum absolute atomic E-state index is 12.1. The lowest BCUT2D eigenvalue weighted by molar-refractivity contribution is -0.253. The average Bonchev–Trinajstić information content (AvgIpc) is 3.11. The molecule has 0 bridgehead atoms. The Labute approximate surface area is 289 Å². The zero-order valence-electron chi connectivity index (χ0n) is 25.6. The van der Waals surface area contributed by atoms with Crippen molar-refractivity contribution in [2.45, 2.75) is 41.9 Å². The van der Waals surface area contributed by atoms with Gasteiger partial charge in [0, 0.05) is 63.6 Å². The van der Waals surface area contributed by atoms with E-state index in [1.807, 2.05) is 78.9 Å². The van der Waals surface area contributed by atoms with Crippen molar-refractivity contribution in [2.24, 2.45) is 0 Å². The Morgan fingerprint density at radius 2 is 1.55 bits per heavy atom. The van der Waals surface area contributed by atoms with Gasteiger partial charge in [0.15, 0.2) is 6.29 Å². The highest BCUT2D eigenvalue weighted by atomic mass is 35.6. The van der Waals surface area contributed by atoms with Crippen molar-refractivity contribution < 1.29 is 19.4 Å². The van der Waals surface area contributed by atoms with Gasteiger partial charge in [0.1, 0.15) is 0 Å². The summed E-state index contributed by atoms with van der Waals surface area (Å²) in [6.07, 6.45) is 3.46. The minimum Gasteiger partial charge on any atom is -0.392 e. The van der Waals surface area contributed by atoms with Crippen LogP contribution in [0.4, 0.5) is 5.95 Å². The van der Waals surface area contributed by atoms with E-state index in [2.05, 4.69) is 25.1 Å². The predicted octanol–water partition coefficient (Wildman–Crippen LogP) is 5.99. The summed E-state index contributed by atoms with van der Waals surface area (Å²) in [6, 6.07) is 25.6. The summed E-state index contributed by atoms with van der Waals surface area (Å²) >= 11 is 17.2. The lowest BCUT2D eigenvalue weighted by Gasteiger charge is -2.40. The standard InChI is InChI=1S/C35H36Cl3N5O4/c36-35(37,38)33(45)41-21-28-4-1-2-5-30(28)25-10-12-27(13-11-25)32-46-29(20-31(47-32)26-8-6-24(23-44)7-9-26)22-42-16-18-43(19-17-42)34-39-14-3-15-40-34/h1-15,29,31-32,44H,16-23H2,(H,41,45)/t29-,31+,32+/m1/s1. The summed E-state index contributed by atoms with van der Waals surface area (Å²) in [4.78, 5) is 25.6. The van der Waals surface area contributed by atoms with Gasteiger partial charge in [-0.25, -0.2) is 9.97 Å². The number of aromatic nitrogens is 2. The number of rotatable bonds is 9. The van der Waals surface area contributed by atoms with Gasteiger partial charge >= 0.3 is 0 Å². The van der Waals surface area contributed by atoms with Crippen molar-refractivity contribution in [3.05, 3.63) is 114 Å². The van der Waals surface area contributed by atoms with Gasteiger partial charge in [-0.2, -0.15) is 0 Å². The molecule has 0 radical (unpaired) electrons. The molecule has 4 aromatic rings. The van der Waals surface area contributed by atoms with Crippen LogP contribution in [0.25, 0.3) is 11.1 Å². The Kier molecular flexibility index (Phi) is 10.9. The number of amides is 1. The van der Waals surface area contributed by atoms with Crippen LogP contribution in [-0.2, 0) is 27.4 Å². The Morgan fingerprint density at radius 1 is 0.872 bits per heavy atom. The summed E-state index contributed by atoms with van der Waals surface area (Å²) in [6.45, 7) is 4.45. The van der Waals surface area contributed by atoms with Crippen LogP contribution in [0.15, 0.2) is 91.3 Å².